The number of aromatic amines is 1. The first kappa shape index (κ1) is 18.9. The molecule has 1 amide bonds. The number of imidazole rings is 1. The van der Waals surface area contributed by atoms with Gasteiger partial charge in [-0.25, -0.2) is 4.98 Å². The van der Waals surface area contributed by atoms with Crippen LogP contribution in [0.3, 0.4) is 0 Å². The summed E-state index contributed by atoms with van der Waals surface area (Å²) in [7, 11) is 0. The lowest BCUT2D eigenvalue weighted by Crippen LogP contribution is -2.48. The monoisotopic (exact) mass is 392 g/mol. The summed E-state index contributed by atoms with van der Waals surface area (Å²) >= 11 is 0. The molecule has 1 spiro atoms. The van der Waals surface area contributed by atoms with Crippen LogP contribution in [0.5, 0.6) is 0 Å². The minimum absolute atomic E-state index is 0.281. The summed E-state index contributed by atoms with van der Waals surface area (Å²) in [5.41, 5.74) is 1.23. The number of hydrogen-bond acceptors (Lipinski definition) is 3. The smallest absolute Gasteiger partial charge is 0.230 e. The molecule has 1 saturated heterocycles. The summed E-state index contributed by atoms with van der Waals surface area (Å²) in [5.74, 6) is 1.33. The molecule has 5 heteroatoms. The van der Waals surface area contributed by atoms with Gasteiger partial charge in [0.2, 0.25) is 5.91 Å². The molecule has 5 nitrogen and oxygen atoms in total. The highest BCUT2D eigenvalue weighted by atomic mass is 16.2. The fourth-order valence-corrected chi connectivity index (χ4v) is 5.71. The number of carbonyl (C=O) groups is 1. The molecule has 0 bridgehead atoms. The van der Waals surface area contributed by atoms with Crippen LogP contribution in [0.2, 0.25) is 0 Å². The highest BCUT2D eigenvalue weighted by molar-refractivity contribution is 5.89. The number of H-pyrrole nitrogens is 1. The summed E-state index contributed by atoms with van der Waals surface area (Å²) in [6.45, 7) is 3.09. The van der Waals surface area contributed by atoms with Gasteiger partial charge < -0.3 is 10.3 Å². The Hall–Kier alpha value is -2.14. The van der Waals surface area contributed by atoms with Crippen molar-refractivity contribution in [2.75, 3.05) is 13.1 Å². The number of piperidine rings is 1. The number of nitrogens with zero attached hydrogens (tertiary/aromatic N) is 2. The summed E-state index contributed by atoms with van der Waals surface area (Å²) < 4.78 is 0. The zero-order valence-electron chi connectivity index (χ0n) is 17.2. The number of aromatic nitrogens is 2. The predicted octanol–water partition coefficient (Wildman–Crippen LogP) is 3.78. The predicted molar refractivity (Wildman–Crippen MR) is 113 cm³/mol. The third kappa shape index (κ3) is 3.61. The van der Waals surface area contributed by atoms with Crippen molar-refractivity contribution < 1.29 is 4.79 Å². The summed E-state index contributed by atoms with van der Waals surface area (Å²) in [5, 5.41) is 3.51. The molecule has 29 heavy (non-hydrogen) atoms. The van der Waals surface area contributed by atoms with Crippen molar-refractivity contribution in [1.29, 1.82) is 0 Å². The minimum atomic E-state index is -0.316. The maximum absolute atomic E-state index is 13.5. The highest BCUT2D eigenvalue weighted by Crippen LogP contribution is 2.54. The molecule has 2 aliphatic carbocycles. The molecule has 1 unspecified atom stereocenters. The number of amides is 1. The number of benzene rings is 1. The van der Waals surface area contributed by atoms with Crippen molar-refractivity contribution in [2.24, 2.45) is 5.41 Å². The van der Waals surface area contributed by atoms with Crippen molar-refractivity contribution in [2.45, 2.75) is 69.4 Å². The van der Waals surface area contributed by atoms with E-state index in [1.54, 1.807) is 0 Å². The first-order valence-electron chi connectivity index (χ1n) is 11.3. The lowest BCUT2D eigenvalue weighted by molar-refractivity contribution is -0.128. The van der Waals surface area contributed by atoms with Crippen LogP contribution in [0.25, 0.3) is 0 Å². The summed E-state index contributed by atoms with van der Waals surface area (Å²) in [4.78, 5) is 23.6. The normalized spacial score (nSPS) is 25.6. The molecule has 5 rings (SSSR count). The Kier molecular flexibility index (Phi) is 4.94. The SMILES string of the molecule is O=C(NC1CC12CCN(Cc1ncc[nH]1)CC2)C1(c2ccccc2)CCCCC1. The van der Waals surface area contributed by atoms with Gasteiger partial charge in [-0.15, -0.1) is 0 Å². The van der Waals surface area contributed by atoms with Crippen LogP contribution >= 0.6 is 0 Å². The Morgan fingerprint density at radius 3 is 2.55 bits per heavy atom. The average Bonchev–Trinajstić information content (AvgIpc) is 3.16. The van der Waals surface area contributed by atoms with Gasteiger partial charge in [0.05, 0.1) is 12.0 Å². The molecule has 2 saturated carbocycles. The zero-order chi connectivity index (χ0) is 19.7. The van der Waals surface area contributed by atoms with Crippen molar-refractivity contribution in [1.82, 2.24) is 20.2 Å². The molecule has 1 aromatic heterocycles. The van der Waals surface area contributed by atoms with E-state index in [-0.39, 0.29) is 11.3 Å². The molecule has 2 heterocycles. The number of likely N-dealkylation sites (tertiary alicyclic amines) is 1. The molecular formula is C24H32N4O. The number of nitrogens with one attached hydrogen (secondary N) is 2. The molecule has 1 aromatic carbocycles. The second-order valence-electron chi connectivity index (χ2n) is 9.41. The Morgan fingerprint density at radius 1 is 1.10 bits per heavy atom. The summed E-state index contributed by atoms with van der Waals surface area (Å²) in [6.07, 6.45) is 12.7. The van der Waals surface area contributed by atoms with Crippen LogP contribution in [-0.2, 0) is 16.8 Å². The Morgan fingerprint density at radius 2 is 1.86 bits per heavy atom. The van der Waals surface area contributed by atoms with E-state index in [4.69, 9.17) is 0 Å². The van der Waals surface area contributed by atoms with E-state index in [0.717, 1.165) is 57.6 Å². The second-order valence-corrected chi connectivity index (χ2v) is 9.41. The van der Waals surface area contributed by atoms with E-state index in [2.05, 4.69) is 44.5 Å². The van der Waals surface area contributed by atoms with Gasteiger partial charge in [-0.05, 0) is 56.2 Å². The number of hydrogen-bond donors (Lipinski definition) is 2. The molecule has 1 atom stereocenters. The van der Waals surface area contributed by atoms with Crippen molar-refractivity contribution in [3.05, 3.63) is 54.1 Å². The van der Waals surface area contributed by atoms with E-state index in [1.165, 1.54) is 24.8 Å². The lowest BCUT2D eigenvalue weighted by Gasteiger charge is -2.37. The average molecular weight is 393 g/mol. The van der Waals surface area contributed by atoms with Gasteiger partial charge >= 0.3 is 0 Å². The fourth-order valence-electron chi connectivity index (χ4n) is 5.71. The van der Waals surface area contributed by atoms with Gasteiger partial charge in [-0.3, -0.25) is 9.69 Å². The number of carbonyl (C=O) groups excluding carboxylic acids is 1. The molecule has 2 aromatic rings. The maximum Gasteiger partial charge on any atom is 0.230 e. The molecule has 3 fully saturated rings. The van der Waals surface area contributed by atoms with E-state index in [9.17, 15) is 4.79 Å². The Balaban J connectivity index is 1.21. The van der Waals surface area contributed by atoms with Gasteiger partial charge in [0.15, 0.2) is 0 Å². The Bertz CT molecular complexity index is 818. The van der Waals surface area contributed by atoms with Crippen LogP contribution in [0.1, 0.15) is 62.8 Å². The van der Waals surface area contributed by atoms with Gasteiger partial charge in [0.25, 0.3) is 0 Å². The molecular weight excluding hydrogens is 360 g/mol. The third-order valence-corrected chi connectivity index (χ3v) is 7.74. The van der Waals surface area contributed by atoms with Crippen LogP contribution in [0.15, 0.2) is 42.7 Å². The third-order valence-electron chi connectivity index (χ3n) is 7.74. The standard InChI is InChI=1S/C24H32N4O/c29-22(24(9-5-2-6-10-24)19-7-3-1-4-8-19)27-20-17-23(20)11-15-28(16-12-23)18-21-25-13-14-26-21/h1,3-4,7-8,13-14,20H,2,5-6,9-12,15-18H2,(H,25,26)(H,27,29). The van der Waals surface area contributed by atoms with Gasteiger partial charge in [-0.2, -0.15) is 0 Å². The van der Waals surface area contributed by atoms with Crippen molar-refractivity contribution in [3.8, 4) is 0 Å². The topological polar surface area (TPSA) is 61.0 Å². The second kappa shape index (κ2) is 7.60. The molecule has 3 aliphatic rings. The lowest BCUT2D eigenvalue weighted by atomic mass is 9.68. The fraction of sp³-hybridized carbons (Fsp3) is 0.583. The Labute approximate surface area is 173 Å². The van der Waals surface area contributed by atoms with Gasteiger partial charge in [-0.1, -0.05) is 49.6 Å². The van der Waals surface area contributed by atoms with Crippen LogP contribution in [-0.4, -0.2) is 39.9 Å². The van der Waals surface area contributed by atoms with Crippen LogP contribution in [0, 0.1) is 5.41 Å². The largest absolute Gasteiger partial charge is 0.352 e. The van der Waals surface area contributed by atoms with E-state index in [0.29, 0.717) is 11.5 Å². The van der Waals surface area contributed by atoms with E-state index < -0.39 is 0 Å². The molecule has 0 radical (unpaired) electrons. The molecule has 154 valence electrons. The first-order valence-corrected chi connectivity index (χ1v) is 11.3. The number of rotatable bonds is 5. The zero-order valence-corrected chi connectivity index (χ0v) is 17.2. The van der Waals surface area contributed by atoms with E-state index >= 15 is 0 Å². The molecule has 1 aliphatic heterocycles. The first-order chi connectivity index (χ1) is 14.2. The van der Waals surface area contributed by atoms with Crippen molar-refractivity contribution in [3.63, 3.8) is 0 Å². The maximum atomic E-state index is 13.5. The van der Waals surface area contributed by atoms with Gasteiger partial charge in [0, 0.05) is 18.4 Å². The molecule has 2 N–H and O–H groups in total. The van der Waals surface area contributed by atoms with Crippen LogP contribution in [0.4, 0.5) is 0 Å². The minimum Gasteiger partial charge on any atom is -0.352 e. The van der Waals surface area contributed by atoms with Gasteiger partial charge in [0.1, 0.15) is 5.82 Å². The van der Waals surface area contributed by atoms with E-state index in [1.807, 2.05) is 18.5 Å². The van der Waals surface area contributed by atoms with Crippen molar-refractivity contribution >= 4 is 5.91 Å². The van der Waals surface area contributed by atoms with Crippen LogP contribution < -0.4 is 5.32 Å². The summed E-state index contributed by atoms with van der Waals surface area (Å²) in [6, 6.07) is 10.9. The highest BCUT2D eigenvalue weighted by Gasteiger charge is 2.57. The quantitative estimate of drug-likeness (QED) is 0.814.